The van der Waals surface area contributed by atoms with Crippen molar-refractivity contribution in [2.24, 2.45) is 0 Å². The predicted octanol–water partition coefficient (Wildman–Crippen LogP) is 3.94. The number of hydrogen-bond acceptors (Lipinski definition) is 6. The Balaban J connectivity index is 1.84. The van der Waals surface area contributed by atoms with Crippen LogP contribution in [0, 0.1) is 6.92 Å². The maximum atomic E-state index is 12.0. The zero-order valence-electron chi connectivity index (χ0n) is 11.9. The average Bonchev–Trinajstić information content (AvgIpc) is 2.94. The first-order valence-electron chi connectivity index (χ1n) is 6.45. The molecule has 1 heterocycles. The molecule has 1 aromatic heterocycles. The zero-order chi connectivity index (χ0) is 15.9. The molecule has 5 nitrogen and oxygen atoms in total. The van der Waals surface area contributed by atoms with E-state index in [4.69, 9.17) is 0 Å². The van der Waals surface area contributed by atoms with Gasteiger partial charge in [-0.1, -0.05) is 45.1 Å². The van der Waals surface area contributed by atoms with Crippen LogP contribution in [0.2, 0.25) is 0 Å². The Morgan fingerprint density at radius 2 is 2.32 bits per heavy atom. The number of hydrogen-bond donors (Lipinski definition) is 2. The number of aromatic nitrogens is 2. The van der Waals surface area contributed by atoms with Gasteiger partial charge in [0.1, 0.15) is 0 Å². The van der Waals surface area contributed by atoms with Crippen molar-refractivity contribution in [1.82, 2.24) is 10.2 Å². The van der Waals surface area contributed by atoms with Gasteiger partial charge in [-0.2, -0.15) is 0 Å². The van der Waals surface area contributed by atoms with E-state index in [9.17, 15) is 4.79 Å². The molecule has 0 aliphatic carbocycles. The second kappa shape index (κ2) is 8.30. The van der Waals surface area contributed by atoms with Crippen LogP contribution in [-0.4, -0.2) is 28.4 Å². The van der Waals surface area contributed by atoms with E-state index in [1.807, 2.05) is 25.1 Å². The van der Waals surface area contributed by atoms with Crippen molar-refractivity contribution in [3.05, 3.63) is 40.9 Å². The molecule has 1 amide bonds. The molecular formula is C14H15BrN4OS2. The molecule has 116 valence electrons. The Kier molecular flexibility index (Phi) is 6.41. The topological polar surface area (TPSA) is 66.9 Å². The van der Waals surface area contributed by atoms with Crippen LogP contribution < -0.4 is 10.6 Å². The number of carbonyl (C=O) groups excluding carboxylic acids is 1. The molecule has 0 aliphatic rings. The highest BCUT2D eigenvalue weighted by Crippen LogP contribution is 2.26. The molecule has 0 aliphatic heterocycles. The lowest BCUT2D eigenvalue weighted by Crippen LogP contribution is -2.14. The number of nitrogens with zero attached hydrogens (tertiary/aromatic N) is 2. The van der Waals surface area contributed by atoms with Crippen molar-refractivity contribution in [1.29, 1.82) is 0 Å². The highest BCUT2D eigenvalue weighted by molar-refractivity contribution is 9.10. The van der Waals surface area contributed by atoms with Gasteiger partial charge in [0.25, 0.3) is 0 Å². The molecule has 1 aromatic carbocycles. The third kappa shape index (κ3) is 5.11. The number of thioether (sulfide) groups is 1. The quantitative estimate of drug-likeness (QED) is 0.545. The molecule has 2 N–H and O–H groups in total. The second-order valence-corrected chi connectivity index (χ2v) is 7.45. The Hall–Kier alpha value is -1.38. The van der Waals surface area contributed by atoms with Gasteiger partial charge in [0.2, 0.25) is 11.0 Å². The Bertz CT molecular complexity index is 675. The number of benzene rings is 1. The lowest BCUT2D eigenvalue weighted by atomic mass is 10.2. The minimum Gasteiger partial charge on any atom is -0.357 e. The van der Waals surface area contributed by atoms with Crippen LogP contribution in [0.3, 0.4) is 0 Å². The third-order valence-electron chi connectivity index (χ3n) is 2.59. The Labute approximate surface area is 145 Å². The van der Waals surface area contributed by atoms with Gasteiger partial charge in [-0.25, -0.2) is 0 Å². The highest BCUT2D eigenvalue weighted by Gasteiger charge is 2.09. The van der Waals surface area contributed by atoms with Gasteiger partial charge in [-0.05, 0) is 30.7 Å². The fraction of sp³-hybridized carbons (Fsp3) is 0.214. The van der Waals surface area contributed by atoms with Crippen LogP contribution >= 0.6 is 39.0 Å². The minimum atomic E-state index is -0.0637. The lowest BCUT2D eigenvalue weighted by molar-refractivity contribution is -0.113. The molecule has 2 rings (SSSR count). The highest BCUT2D eigenvalue weighted by atomic mass is 79.9. The van der Waals surface area contributed by atoms with Crippen molar-refractivity contribution in [3.8, 4) is 0 Å². The standard InChI is InChI=1S/C14H15BrN4OS2/c1-3-6-16-13-18-19-14(22-13)21-8-12(20)17-11-5-4-10(15)7-9(11)2/h3-5,7H,1,6,8H2,2H3,(H,16,18)(H,17,20). The second-order valence-electron chi connectivity index (χ2n) is 4.34. The van der Waals surface area contributed by atoms with E-state index in [0.29, 0.717) is 12.3 Å². The van der Waals surface area contributed by atoms with E-state index < -0.39 is 0 Å². The summed E-state index contributed by atoms with van der Waals surface area (Å²) in [6.07, 6.45) is 1.75. The molecular weight excluding hydrogens is 384 g/mol. The van der Waals surface area contributed by atoms with E-state index in [-0.39, 0.29) is 5.91 Å². The van der Waals surface area contributed by atoms with Crippen molar-refractivity contribution in [2.75, 3.05) is 22.9 Å². The first-order chi connectivity index (χ1) is 10.6. The van der Waals surface area contributed by atoms with E-state index >= 15 is 0 Å². The maximum absolute atomic E-state index is 12.0. The first kappa shape index (κ1) is 17.0. The van der Waals surface area contributed by atoms with Crippen LogP contribution in [0.1, 0.15) is 5.56 Å². The Morgan fingerprint density at radius 3 is 3.05 bits per heavy atom. The number of nitrogens with one attached hydrogen (secondary N) is 2. The van der Waals surface area contributed by atoms with Crippen molar-refractivity contribution < 1.29 is 4.79 Å². The summed E-state index contributed by atoms with van der Waals surface area (Å²) in [4.78, 5) is 12.0. The molecule has 0 spiro atoms. The van der Waals surface area contributed by atoms with Crippen LogP contribution in [0.4, 0.5) is 10.8 Å². The van der Waals surface area contributed by atoms with Crippen LogP contribution in [0.25, 0.3) is 0 Å². The largest absolute Gasteiger partial charge is 0.357 e. The molecule has 0 bridgehead atoms. The van der Waals surface area contributed by atoms with Gasteiger partial charge in [-0.3, -0.25) is 4.79 Å². The van der Waals surface area contributed by atoms with Crippen LogP contribution in [0.5, 0.6) is 0 Å². The number of amides is 1. The van der Waals surface area contributed by atoms with Crippen LogP contribution in [0.15, 0.2) is 39.7 Å². The van der Waals surface area contributed by atoms with E-state index in [1.54, 1.807) is 6.08 Å². The van der Waals surface area contributed by atoms with Crippen molar-refractivity contribution in [2.45, 2.75) is 11.3 Å². The first-order valence-corrected chi connectivity index (χ1v) is 9.05. The summed E-state index contributed by atoms with van der Waals surface area (Å²) in [5.41, 5.74) is 1.83. The molecule has 0 unspecified atom stereocenters. The summed E-state index contributed by atoms with van der Waals surface area (Å²) in [5, 5.41) is 14.7. The Morgan fingerprint density at radius 1 is 1.50 bits per heavy atom. The summed E-state index contributed by atoms with van der Waals surface area (Å²) in [5.74, 6) is 0.234. The molecule has 0 saturated carbocycles. The van der Waals surface area contributed by atoms with Gasteiger partial charge in [0, 0.05) is 16.7 Å². The molecule has 22 heavy (non-hydrogen) atoms. The van der Waals surface area contributed by atoms with Gasteiger partial charge in [0.05, 0.1) is 5.75 Å². The number of halogens is 1. The average molecular weight is 399 g/mol. The fourth-order valence-corrected chi connectivity index (χ4v) is 3.61. The van der Waals surface area contributed by atoms with E-state index in [1.165, 1.54) is 23.1 Å². The molecule has 0 saturated heterocycles. The lowest BCUT2D eigenvalue weighted by Gasteiger charge is -2.07. The smallest absolute Gasteiger partial charge is 0.234 e. The van der Waals surface area contributed by atoms with Gasteiger partial charge < -0.3 is 10.6 Å². The van der Waals surface area contributed by atoms with Gasteiger partial charge in [0.15, 0.2) is 4.34 Å². The summed E-state index contributed by atoms with van der Waals surface area (Å²) in [6.45, 7) is 6.22. The van der Waals surface area contributed by atoms with Gasteiger partial charge >= 0.3 is 0 Å². The van der Waals surface area contributed by atoms with Crippen molar-refractivity contribution in [3.63, 3.8) is 0 Å². The van der Waals surface area contributed by atoms with Crippen molar-refractivity contribution >= 4 is 55.8 Å². The SMILES string of the molecule is C=CCNc1nnc(SCC(=O)Nc2ccc(Br)cc2C)s1. The summed E-state index contributed by atoms with van der Waals surface area (Å²) >= 11 is 6.19. The number of aryl methyl sites for hydroxylation is 1. The number of rotatable bonds is 7. The third-order valence-corrected chi connectivity index (χ3v) is 5.10. The monoisotopic (exact) mass is 398 g/mol. The number of anilines is 2. The summed E-state index contributed by atoms with van der Waals surface area (Å²) < 4.78 is 1.75. The van der Waals surface area contributed by atoms with E-state index in [0.717, 1.165) is 25.2 Å². The van der Waals surface area contributed by atoms with Crippen LogP contribution in [-0.2, 0) is 4.79 Å². The molecule has 0 fully saturated rings. The van der Waals surface area contributed by atoms with E-state index in [2.05, 4.69) is 43.3 Å². The predicted molar refractivity (Wildman–Crippen MR) is 96.8 cm³/mol. The maximum Gasteiger partial charge on any atom is 0.234 e. The fourth-order valence-electron chi connectivity index (χ4n) is 1.58. The zero-order valence-corrected chi connectivity index (χ0v) is 15.1. The van der Waals surface area contributed by atoms with Gasteiger partial charge in [-0.15, -0.1) is 16.8 Å². The summed E-state index contributed by atoms with van der Waals surface area (Å²) in [6, 6.07) is 5.74. The number of carbonyl (C=O) groups is 1. The molecule has 0 atom stereocenters. The molecule has 8 heteroatoms. The normalized spacial score (nSPS) is 10.3. The minimum absolute atomic E-state index is 0.0637. The molecule has 2 aromatic rings. The summed E-state index contributed by atoms with van der Waals surface area (Å²) in [7, 11) is 0. The molecule has 0 radical (unpaired) electrons.